The molecule has 1 aliphatic rings. The molecule has 1 aromatic heterocycles. The minimum absolute atomic E-state index is 0.0556. The van der Waals surface area contributed by atoms with Gasteiger partial charge in [-0.1, -0.05) is 44.9 Å². The third-order valence-corrected chi connectivity index (χ3v) is 6.01. The van der Waals surface area contributed by atoms with E-state index >= 15 is 0 Å². The number of rotatable bonds is 7. The molecule has 1 aromatic carbocycles. The van der Waals surface area contributed by atoms with Crippen LogP contribution < -0.4 is 10.7 Å². The first-order chi connectivity index (χ1) is 16.0. The summed E-state index contributed by atoms with van der Waals surface area (Å²) >= 11 is 0. The van der Waals surface area contributed by atoms with Gasteiger partial charge in [-0.15, -0.1) is 0 Å². The molecule has 2 amide bonds. The van der Waals surface area contributed by atoms with Gasteiger partial charge in [-0.3, -0.25) is 14.4 Å². The fourth-order valence-electron chi connectivity index (χ4n) is 4.38. The van der Waals surface area contributed by atoms with Gasteiger partial charge in [-0.25, -0.2) is 0 Å². The number of halogens is 3. The molecule has 0 aliphatic heterocycles. The first-order valence-electron chi connectivity index (χ1n) is 11.4. The lowest BCUT2D eigenvalue weighted by Gasteiger charge is -2.22. The van der Waals surface area contributed by atoms with Gasteiger partial charge in [0, 0.05) is 38.6 Å². The van der Waals surface area contributed by atoms with Gasteiger partial charge in [0.15, 0.2) is 0 Å². The Balaban J connectivity index is 1.94. The van der Waals surface area contributed by atoms with E-state index in [-0.39, 0.29) is 28.7 Å². The summed E-state index contributed by atoms with van der Waals surface area (Å²) in [5, 5.41) is 2.44. The summed E-state index contributed by atoms with van der Waals surface area (Å²) in [6, 6.07) is 5.00. The molecule has 1 saturated carbocycles. The zero-order valence-corrected chi connectivity index (χ0v) is 19.6. The van der Waals surface area contributed by atoms with E-state index in [0.29, 0.717) is 6.54 Å². The second-order valence-corrected chi connectivity index (χ2v) is 9.22. The van der Waals surface area contributed by atoms with Gasteiger partial charge in [0.05, 0.1) is 5.56 Å². The second kappa shape index (κ2) is 10.4. The summed E-state index contributed by atoms with van der Waals surface area (Å²) in [6.45, 7) is 3.93. The minimum Gasteiger partial charge on any atom is -0.349 e. The zero-order chi connectivity index (χ0) is 25.0. The number of nitrogens with zero attached hydrogens (tertiary/aromatic N) is 2. The number of pyridine rings is 1. The van der Waals surface area contributed by atoms with E-state index in [1.165, 1.54) is 35.5 Å². The molecule has 1 fully saturated rings. The van der Waals surface area contributed by atoms with Crippen molar-refractivity contribution in [3.05, 3.63) is 69.1 Å². The standard InChI is InChI=1S/C25H30F3N3O3/c1-16(2)13-30(3)24(34)20-15-31(18-9-5-6-10-18)14-19(22(20)32)23(33)29-12-17-8-4-7-11-21(17)25(26,27)28/h4,7-8,11,14-16,18H,5-6,9-10,12-13H2,1-3H3,(H,29,33). The molecule has 9 heteroatoms. The molecule has 6 nitrogen and oxygen atoms in total. The SMILES string of the molecule is CC(C)CN(C)C(=O)c1cn(C2CCCC2)cc(C(=O)NCc2ccccc2C(F)(F)F)c1=O. The van der Waals surface area contributed by atoms with Crippen molar-refractivity contribution >= 4 is 11.8 Å². The van der Waals surface area contributed by atoms with Crippen LogP contribution >= 0.6 is 0 Å². The van der Waals surface area contributed by atoms with E-state index in [4.69, 9.17) is 0 Å². The van der Waals surface area contributed by atoms with Gasteiger partial charge in [0.2, 0.25) is 5.43 Å². The lowest BCUT2D eigenvalue weighted by Crippen LogP contribution is -2.37. The Labute approximate surface area is 196 Å². The zero-order valence-electron chi connectivity index (χ0n) is 19.6. The van der Waals surface area contributed by atoms with Crippen molar-refractivity contribution in [2.24, 2.45) is 5.92 Å². The number of amides is 2. The average Bonchev–Trinajstić information content (AvgIpc) is 3.31. The molecule has 3 rings (SSSR count). The van der Waals surface area contributed by atoms with Gasteiger partial charge in [0.1, 0.15) is 11.1 Å². The number of aromatic nitrogens is 1. The maximum atomic E-state index is 13.3. The van der Waals surface area contributed by atoms with E-state index < -0.39 is 35.5 Å². The summed E-state index contributed by atoms with van der Waals surface area (Å²) in [4.78, 5) is 40.6. The minimum atomic E-state index is -4.57. The van der Waals surface area contributed by atoms with E-state index in [9.17, 15) is 27.6 Å². The van der Waals surface area contributed by atoms with E-state index in [1.807, 2.05) is 13.8 Å². The molecule has 0 atom stereocenters. The third kappa shape index (κ3) is 5.87. The van der Waals surface area contributed by atoms with Gasteiger partial charge >= 0.3 is 6.18 Å². The molecule has 184 valence electrons. The molecular weight excluding hydrogens is 447 g/mol. The van der Waals surface area contributed by atoms with Crippen LogP contribution in [0.5, 0.6) is 0 Å². The molecule has 0 bridgehead atoms. The van der Waals surface area contributed by atoms with Crippen molar-refractivity contribution in [3.63, 3.8) is 0 Å². The highest BCUT2D eigenvalue weighted by molar-refractivity contribution is 5.99. The lowest BCUT2D eigenvalue weighted by molar-refractivity contribution is -0.138. The fraction of sp³-hybridized carbons (Fsp3) is 0.480. The van der Waals surface area contributed by atoms with Gasteiger partial charge in [0.25, 0.3) is 11.8 Å². The van der Waals surface area contributed by atoms with Gasteiger partial charge in [-0.2, -0.15) is 13.2 Å². The van der Waals surface area contributed by atoms with Crippen LogP contribution in [-0.4, -0.2) is 34.9 Å². The number of alkyl halides is 3. The fourth-order valence-corrected chi connectivity index (χ4v) is 4.38. The van der Waals surface area contributed by atoms with Crippen LogP contribution in [0.15, 0.2) is 41.5 Å². The molecule has 1 N–H and O–H groups in total. The van der Waals surface area contributed by atoms with Crippen molar-refractivity contribution in [1.82, 2.24) is 14.8 Å². The van der Waals surface area contributed by atoms with Crippen molar-refractivity contribution in [2.45, 2.75) is 58.3 Å². The lowest BCUT2D eigenvalue weighted by atomic mass is 10.1. The van der Waals surface area contributed by atoms with Crippen LogP contribution in [0.3, 0.4) is 0 Å². The molecule has 34 heavy (non-hydrogen) atoms. The maximum absolute atomic E-state index is 13.3. The topological polar surface area (TPSA) is 71.4 Å². The van der Waals surface area contributed by atoms with Crippen LogP contribution in [-0.2, 0) is 12.7 Å². The normalized spacial score (nSPS) is 14.4. The molecule has 0 radical (unpaired) electrons. The number of benzene rings is 1. The monoisotopic (exact) mass is 477 g/mol. The number of carbonyl (C=O) groups excluding carboxylic acids is 2. The van der Waals surface area contributed by atoms with Crippen LogP contribution in [0.4, 0.5) is 13.2 Å². The van der Waals surface area contributed by atoms with Crippen molar-refractivity contribution in [2.75, 3.05) is 13.6 Å². The average molecular weight is 478 g/mol. The van der Waals surface area contributed by atoms with E-state index in [2.05, 4.69) is 5.32 Å². The summed E-state index contributed by atoms with van der Waals surface area (Å²) in [5.41, 5.74) is -2.05. The molecular formula is C25H30F3N3O3. The summed E-state index contributed by atoms with van der Waals surface area (Å²) in [5.74, 6) is -1.11. The first-order valence-corrected chi connectivity index (χ1v) is 11.4. The van der Waals surface area contributed by atoms with Crippen molar-refractivity contribution in [1.29, 1.82) is 0 Å². The summed E-state index contributed by atoms with van der Waals surface area (Å²) < 4.78 is 41.6. The quantitative estimate of drug-likeness (QED) is 0.632. The molecule has 0 unspecified atom stereocenters. The Morgan fingerprint density at radius 1 is 1.12 bits per heavy atom. The number of nitrogens with one attached hydrogen (secondary N) is 1. The number of hydrogen-bond acceptors (Lipinski definition) is 3. The molecule has 0 saturated heterocycles. The van der Waals surface area contributed by atoms with Crippen LogP contribution in [0.1, 0.15) is 77.4 Å². The Hall–Kier alpha value is -3.10. The van der Waals surface area contributed by atoms with Crippen LogP contribution in [0.2, 0.25) is 0 Å². The predicted octanol–water partition coefficient (Wildman–Crippen LogP) is 4.64. The summed E-state index contributed by atoms with van der Waals surface area (Å²) in [7, 11) is 1.60. The maximum Gasteiger partial charge on any atom is 0.416 e. The third-order valence-electron chi connectivity index (χ3n) is 6.01. The van der Waals surface area contributed by atoms with Crippen molar-refractivity contribution in [3.8, 4) is 0 Å². The van der Waals surface area contributed by atoms with Crippen LogP contribution in [0.25, 0.3) is 0 Å². The second-order valence-electron chi connectivity index (χ2n) is 9.22. The Kier molecular flexibility index (Phi) is 7.84. The molecule has 0 spiro atoms. The highest BCUT2D eigenvalue weighted by atomic mass is 19.4. The molecule has 1 heterocycles. The van der Waals surface area contributed by atoms with Gasteiger partial charge < -0.3 is 14.8 Å². The Bertz CT molecular complexity index is 1100. The molecule has 2 aromatic rings. The van der Waals surface area contributed by atoms with Crippen molar-refractivity contribution < 1.29 is 22.8 Å². The Morgan fingerprint density at radius 3 is 2.35 bits per heavy atom. The largest absolute Gasteiger partial charge is 0.416 e. The first kappa shape index (κ1) is 25.5. The highest BCUT2D eigenvalue weighted by Crippen LogP contribution is 2.32. The summed E-state index contributed by atoms with van der Waals surface area (Å²) in [6.07, 6.45) is 2.09. The Morgan fingerprint density at radius 2 is 1.74 bits per heavy atom. The smallest absolute Gasteiger partial charge is 0.349 e. The van der Waals surface area contributed by atoms with Gasteiger partial charge in [-0.05, 0) is 30.4 Å². The van der Waals surface area contributed by atoms with E-state index in [0.717, 1.165) is 31.7 Å². The highest BCUT2D eigenvalue weighted by Gasteiger charge is 2.33. The number of hydrogen-bond donors (Lipinski definition) is 1. The predicted molar refractivity (Wildman–Crippen MR) is 123 cm³/mol. The van der Waals surface area contributed by atoms with Crippen LogP contribution in [0, 0.1) is 5.92 Å². The molecule has 1 aliphatic carbocycles. The number of carbonyl (C=O) groups is 2. The van der Waals surface area contributed by atoms with E-state index in [1.54, 1.807) is 11.6 Å².